The van der Waals surface area contributed by atoms with Gasteiger partial charge in [0.2, 0.25) is 0 Å². The number of benzene rings is 2. The van der Waals surface area contributed by atoms with E-state index in [4.69, 9.17) is 0 Å². The van der Waals surface area contributed by atoms with Crippen molar-refractivity contribution >= 4 is 35.6 Å². The Hall–Kier alpha value is -2.17. The summed E-state index contributed by atoms with van der Waals surface area (Å²) in [5.41, 5.74) is 1.81. The number of piperidine rings is 1. The molecule has 0 radical (unpaired) electrons. The van der Waals surface area contributed by atoms with Crippen LogP contribution in [0.25, 0.3) is 0 Å². The first-order valence-corrected chi connectivity index (χ1v) is 10.6. The molecule has 174 valence electrons. The lowest BCUT2D eigenvalue weighted by Crippen LogP contribution is -2.49. The molecule has 0 amide bonds. The van der Waals surface area contributed by atoms with Gasteiger partial charge in [-0.1, -0.05) is 36.4 Å². The minimum atomic E-state index is -4.69. The molecule has 1 heterocycles. The number of halogens is 4. The van der Waals surface area contributed by atoms with Gasteiger partial charge in [0.1, 0.15) is 5.75 Å². The lowest BCUT2D eigenvalue weighted by Gasteiger charge is -2.34. The van der Waals surface area contributed by atoms with Crippen LogP contribution in [0, 0.1) is 0 Å². The Balaban J connectivity index is 0.00000289. The predicted molar refractivity (Wildman–Crippen MR) is 131 cm³/mol. The number of hydrogen-bond acceptors (Lipinski definition) is 3. The molecule has 1 aliphatic heterocycles. The van der Waals surface area contributed by atoms with Crippen LogP contribution in [0.1, 0.15) is 30.7 Å². The van der Waals surface area contributed by atoms with E-state index in [0.29, 0.717) is 17.6 Å². The molecule has 2 N–H and O–H groups in total. The van der Waals surface area contributed by atoms with Gasteiger partial charge in [0.05, 0.1) is 0 Å². The van der Waals surface area contributed by atoms with Crippen molar-refractivity contribution < 1.29 is 17.9 Å². The van der Waals surface area contributed by atoms with Crippen LogP contribution in [-0.4, -0.2) is 44.5 Å². The average molecular weight is 560 g/mol. The molecule has 2 fully saturated rings. The summed E-state index contributed by atoms with van der Waals surface area (Å²) in [4.78, 5) is 6.70. The van der Waals surface area contributed by atoms with Gasteiger partial charge in [-0.05, 0) is 43.0 Å². The molecule has 2 unspecified atom stereocenters. The Labute approximate surface area is 203 Å². The Bertz CT molecular complexity index is 902. The Morgan fingerprint density at radius 1 is 1.00 bits per heavy atom. The minimum Gasteiger partial charge on any atom is -0.405 e. The van der Waals surface area contributed by atoms with Crippen molar-refractivity contribution in [3.8, 4) is 5.75 Å². The molecule has 2 aromatic rings. The third kappa shape index (κ3) is 6.43. The number of ether oxygens (including phenoxy) is 1. The van der Waals surface area contributed by atoms with E-state index >= 15 is 0 Å². The lowest BCUT2D eigenvalue weighted by atomic mass is 10.0. The van der Waals surface area contributed by atoms with Gasteiger partial charge in [-0.3, -0.25) is 4.99 Å². The topological polar surface area (TPSA) is 48.9 Å². The highest BCUT2D eigenvalue weighted by atomic mass is 127. The Kier molecular flexibility index (Phi) is 8.13. The van der Waals surface area contributed by atoms with Crippen molar-refractivity contribution in [2.45, 2.75) is 43.6 Å². The first-order valence-electron chi connectivity index (χ1n) is 10.6. The SMILES string of the molecule is CN=C(NC1CCN(c2ccccc2)CC1)NC1CC1c1ccccc1OC(F)(F)F.I. The van der Waals surface area contributed by atoms with E-state index in [2.05, 4.69) is 49.5 Å². The number of anilines is 1. The van der Waals surface area contributed by atoms with Crippen molar-refractivity contribution in [1.29, 1.82) is 0 Å². The highest BCUT2D eigenvalue weighted by Crippen LogP contribution is 2.45. The third-order valence-corrected chi connectivity index (χ3v) is 5.84. The van der Waals surface area contributed by atoms with E-state index in [1.807, 2.05) is 6.07 Å². The third-order valence-electron chi connectivity index (χ3n) is 5.84. The van der Waals surface area contributed by atoms with Crippen molar-refractivity contribution in [2.24, 2.45) is 4.99 Å². The van der Waals surface area contributed by atoms with Crippen LogP contribution in [0.2, 0.25) is 0 Å². The van der Waals surface area contributed by atoms with Crippen molar-refractivity contribution in [3.63, 3.8) is 0 Å². The van der Waals surface area contributed by atoms with Gasteiger partial charge in [-0.15, -0.1) is 37.1 Å². The molecule has 1 saturated carbocycles. The zero-order valence-electron chi connectivity index (χ0n) is 17.8. The summed E-state index contributed by atoms with van der Waals surface area (Å²) < 4.78 is 42.3. The molecule has 5 nitrogen and oxygen atoms in total. The number of nitrogens with zero attached hydrogens (tertiary/aromatic N) is 2. The lowest BCUT2D eigenvalue weighted by molar-refractivity contribution is -0.274. The fourth-order valence-electron chi connectivity index (χ4n) is 4.16. The molecule has 2 aliphatic rings. The van der Waals surface area contributed by atoms with Gasteiger partial charge in [0, 0.05) is 43.8 Å². The largest absolute Gasteiger partial charge is 0.573 e. The van der Waals surface area contributed by atoms with Crippen LogP contribution in [0.15, 0.2) is 59.6 Å². The zero-order valence-corrected chi connectivity index (χ0v) is 20.1. The number of aliphatic imine (C=N–C) groups is 1. The maximum absolute atomic E-state index is 12.7. The minimum absolute atomic E-state index is 0. The first-order chi connectivity index (χ1) is 14.9. The summed E-state index contributed by atoms with van der Waals surface area (Å²) in [6, 6.07) is 17.1. The molecular weight excluding hydrogens is 532 g/mol. The average Bonchev–Trinajstić information content (AvgIpc) is 3.52. The van der Waals surface area contributed by atoms with Crippen LogP contribution in [0.3, 0.4) is 0 Å². The van der Waals surface area contributed by atoms with E-state index in [1.165, 1.54) is 11.8 Å². The van der Waals surface area contributed by atoms with Gasteiger partial charge >= 0.3 is 6.36 Å². The highest BCUT2D eigenvalue weighted by molar-refractivity contribution is 14.0. The molecule has 0 aromatic heterocycles. The van der Waals surface area contributed by atoms with Crippen LogP contribution >= 0.6 is 24.0 Å². The van der Waals surface area contributed by atoms with E-state index in [0.717, 1.165) is 32.4 Å². The normalized spacial score (nSPS) is 21.5. The number of guanidine groups is 1. The number of hydrogen-bond donors (Lipinski definition) is 2. The molecule has 1 aliphatic carbocycles. The molecule has 0 bridgehead atoms. The standard InChI is InChI=1S/C23H27F3N4O.HI/c1-27-22(28-16-11-13-30(14-12-16)17-7-3-2-4-8-17)29-20-15-19(20)18-9-5-6-10-21(18)31-23(24,25)26;/h2-10,16,19-20H,11-15H2,1H3,(H2,27,28,29);1H. The smallest absolute Gasteiger partial charge is 0.405 e. The van der Waals surface area contributed by atoms with Gasteiger partial charge < -0.3 is 20.3 Å². The number of rotatable bonds is 5. The Morgan fingerprint density at radius 2 is 1.66 bits per heavy atom. The van der Waals surface area contributed by atoms with Crippen LogP contribution in [0.5, 0.6) is 5.75 Å². The summed E-state index contributed by atoms with van der Waals surface area (Å²) in [5.74, 6) is 0.539. The predicted octanol–water partition coefficient (Wildman–Crippen LogP) is 4.89. The second kappa shape index (κ2) is 10.6. The van der Waals surface area contributed by atoms with E-state index in [9.17, 15) is 13.2 Å². The van der Waals surface area contributed by atoms with Gasteiger partial charge in [-0.2, -0.15) is 0 Å². The number of alkyl halides is 3. The maximum atomic E-state index is 12.7. The zero-order chi connectivity index (χ0) is 21.8. The summed E-state index contributed by atoms with van der Waals surface area (Å²) >= 11 is 0. The van der Waals surface area contributed by atoms with E-state index < -0.39 is 6.36 Å². The summed E-state index contributed by atoms with van der Waals surface area (Å²) in [6.07, 6.45) is -1.97. The molecule has 9 heteroatoms. The van der Waals surface area contributed by atoms with Gasteiger partial charge in [0.15, 0.2) is 5.96 Å². The van der Waals surface area contributed by atoms with Crippen molar-refractivity contribution in [2.75, 3.05) is 25.0 Å². The fourth-order valence-corrected chi connectivity index (χ4v) is 4.16. The van der Waals surface area contributed by atoms with Crippen molar-refractivity contribution in [3.05, 3.63) is 60.2 Å². The quantitative estimate of drug-likeness (QED) is 0.311. The molecule has 2 aromatic carbocycles. The van der Waals surface area contributed by atoms with E-state index in [1.54, 1.807) is 25.2 Å². The fraction of sp³-hybridized carbons (Fsp3) is 0.435. The van der Waals surface area contributed by atoms with E-state index in [-0.39, 0.29) is 41.7 Å². The summed E-state index contributed by atoms with van der Waals surface area (Å²) in [6.45, 7) is 1.93. The first kappa shape index (κ1) is 24.5. The molecule has 4 rings (SSSR count). The number of nitrogens with one attached hydrogen (secondary N) is 2. The molecule has 2 atom stereocenters. The van der Waals surface area contributed by atoms with Crippen LogP contribution in [-0.2, 0) is 0 Å². The summed E-state index contributed by atoms with van der Waals surface area (Å²) in [7, 11) is 1.71. The van der Waals surface area contributed by atoms with Crippen LogP contribution < -0.4 is 20.3 Å². The highest BCUT2D eigenvalue weighted by Gasteiger charge is 2.42. The molecule has 1 saturated heterocycles. The van der Waals surface area contributed by atoms with Crippen LogP contribution in [0.4, 0.5) is 18.9 Å². The monoisotopic (exact) mass is 560 g/mol. The molecule has 0 spiro atoms. The maximum Gasteiger partial charge on any atom is 0.573 e. The molecule has 32 heavy (non-hydrogen) atoms. The molecular formula is C23H28F3IN4O. The van der Waals surface area contributed by atoms with Crippen molar-refractivity contribution in [1.82, 2.24) is 10.6 Å². The summed E-state index contributed by atoms with van der Waals surface area (Å²) in [5, 5.41) is 6.83. The number of para-hydroxylation sites is 2. The van der Waals surface area contributed by atoms with Gasteiger partial charge in [0.25, 0.3) is 0 Å². The second-order valence-electron chi connectivity index (χ2n) is 7.99. The second-order valence-corrected chi connectivity index (χ2v) is 7.99. The Morgan fingerprint density at radius 3 is 2.31 bits per heavy atom. The van der Waals surface area contributed by atoms with Gasteiger partial charge in [-0.25, -0.2) is 0 Å².